The van der Waals surface area contributed by atoms with Crippen molar-refractivity contribution in [2.45, 2.75) is 52.2 Å². The van der Waals surface area contributed by atoms with Gasteiger partial charge < -0.3 is 15.2 Å². The molecule has 6 heteroatoms. The Morgan fingerprint density at radius 3 is 2.44 bits per heavy atom. The fourth-order valence-electron chi connectivity index (χ4n) is 4.87. The van der Waals surface area contributed by atoms with E-state index in [0.717, 1.165) is 42.6 Å². The van der Waals surface area contributed by atoms with Crippen LogP contribution >= 0.6 is 0 Å². The van der Waals surface area contributed by atoms with Gasteiger partial charge in [0.05, 0.1) is 7.11 Å². The van der Waals surface area contributed by atoms with Gasteiger partial charge in [0, 0.05) is 34.1 Å². The van der Waals surface area contributed by atoms with E-state index in [4.69, 9.17) is 4.74 Å². The summed E-state index contributed by atoms with van der Waals surface area (Å²) in [5.41, 5.74) is 2.62. The predicted octanol–water partition coefficient (Wildman–Crippen LogP) is 4.95. The SMILES string of the molecule is COc1c(C)cc(C(=O)Nc2cccc3c(=O)n(C(O)C4CCCCC4)ccc23)cc1C. The summed E-state index contributed by atoms with van der Waals surface area (Å²) in [6, 6.07) is 10.6. The van der Waals surface area contributed by atoms with E-state index in [0.29, 0.717) is 22.0 Å². The molecular weight excluding hydrogens is 404 g/mol. The molecule has 1 saturated carbocycles. The highest BCUT2D eigenvalue weighted by Crippen LogP contribution is 2.31. The first-order valence-electron chi connectivity index (χ1n) is 11.2. The molecule has 1 aromatic heterocycles. The second-order valence-electron chi connectivity index (χ2n) is 8.70. The minimum absolute atomic E-state index is 0.100. The first-order valence-corrected chi connectivity index (χ1v) is 11.2. The molecule has 1 amide bonds. The molecule has 0 spiro atoms. The van der Waals surface area contributed by atoms with Crippen LogP contribution in [0.4, 0.5) is 5.69 Å². The Bertz CT molecular complexity index is 1190. The van der Waals surface area contributed by atoms with Gasteiger partial charge >= 0.3 is 0 Å². The zero-order chi connectivity index (χ0) is 22.8. The van der Waals surface area contributed by atoms with Gasteiger partial charge in [0.2, 0.25) is 0 Å². The van der Waals surface area contributed by atoms with E-state index in [1.165, 1.54) is 11.0 Å². The van der Waals surface area contributed by atoms with E-state index < -0.39 is 6.23 Å². The van der Waals surface area contributed by atoms with Crippen LogP contribution in [0, 0.1) is 19.8 Å². The molecule has 6 nitrogen and oxygen atoms in total. The Morgan fingerprint density at radius 1 is 1.09 bits per heavy atom. The van der Waals surface area contributed by atoms with Crippen LogP contribution in [0.2, 0.25) is 0 Å². The lowest BCUT2D eigenvalue weighted by Crippen LogP contribution is -2.30. The number of benzene rings is 2. The summed E-state index contributed by atoms with van der Waals surface area (Å²) >= 11 is 0. The zero-order valence-electron chi connectivity index (χ0n) is 18.9. The number of carbonyl (C=O) groups excluding carboxylic acids is 1. The van der Waals surface area contributed by atoms with Gasteiger partial charge in [-0.3, -0.25) is 14.2 Å². The highest BCUT2D eigenvalue weighted by Gasteiger charge is 2.24. The van der Waals surface area contributed by atoms with Crippen molar-refractivity contribution in [1.29, 1.82) is 0 Å². The Hall–Kier alpha value is -3.12. The van der Waals surface area contributed by atoms with Crippen LogP contribution in [-0.2, 0) is 0 Å². The van der Waals surface area contributed by atoms with Crippen LogP contribution in [0.1, 0.15) is 59.8 Å². The molecule has 1 heterocycles. The van der Waals surface area contributed by atoms with E-state index >= 15 is 0 Å². The summed E-state index contributed by atoms with van der Waals surface area (Å²) in [7, 11) is 1.61. The highest BCUT2D eigenvalue weighted by molar-refractivity contribution is 6.09. The van der Waals surface area contributed by atoms with Gasteiger partial charge in [-0.25, -0.2) is 0 Å². The molecule has 1 aliphatic carbocycles. The van der Waals surface area contributed by atoms with Crippen molar-refractivity contribution in [3.63, 3.8) is 0 Å². The second-order valence-corrected chi connectivity index (χ2v) is 8.70. The number of hydrogen-bond donors (Lipinski definition) is 2. The fraction of sp³-hybridized carbons (Fsp3) is 0.385. The number of aromatic nitrogens is 1. The number of aliphatic hydroxyl groups is 1. The zero-order valence-corrected chi connectivity index (χ0v) is 18.9. The maximum Gasteiger partial charge on any atom is 0.260 e. The van der Waals surface area contributed by atoms with E-state index in [9.17, 15) is 14.7 Å². The maximum atomic E-state index is 13.2. The molecule has 0 bridgehead atoms. The van der Waals surface area contributed by atoms with Crippen LogP contribution in [0.25, 0.3) is 10.8 Å². The van der Waals surface area contributed by atoms with E-state index in [-0.39, 0.29) is 17.4 Å². The van der Waals surface area contributed by atoms with E-state index in [1.54, 1.807) is 49.7 Å². The quantitative estimate of drug-likeness (QED) is 0.595. The number of nitrogens with one attached hydrogen (secondary N) is 1. The topological polar surface area (TPSA) is 80.6 Å². The molecule has 0 aliphatic heterocycles. The molecule has 168 valence electrons. The molecule has 2 aromatic carbocycles. The minimum atomic E-state index is -0.823. The molecule has 2 N–H and O–H groups in total. The summed E-state index contributed by atoms with van der Waals surface area (Å²) in [6.07, 6.45) is 6.05. The molecule has 1 atom stereocenters. The largest absolute Gasteiger partial charge is 0.496 e. The normalized spacial score (nSPS) is 15.5. The van der Waals surface area contributed by atoms with Crippen LogP contribution in [0.3, 0.4) is 0 Å². The first-order chi connectivity index (χ1) is 15.4. The van der Waals surface area contributed by atoms with Crippen molar-refractivity contribution in [3.8, 4) is 5.75 Å². The number of fused-ring (bicyclic) bond motifs is 1. The molecule has 0 radical (unpaired) electrons. The third kappa shape index (κ3) is 4.15. The van der Waals surface area contributed by atoms with Gasteiger partial charge in [-0.05, 0) is 68.1 Å². The van der Waals surface area contributed by atoms with Crippen LogP contribution in [0.15, 0.2) is 47.4 Å². The van der Waals surface area contributed by atoms with Crippen LogP contribution in [0.5, 0.6) is 5.75 Å². The van der Waals surface area contributed by atoms with Crippen molar-refractivity contribution in [2.24, 2.45) is 5.92 Å². The van der Waals surface area contributed by atoms with Gasteiger partial charge in [-0.1, -0.05) is 25.3 Å². The lowest BCUT2D eigenvalue weighted by molar-refractivity contribution is 0.0210. The monoisotopic (exact) mass is 434 g/mol. The molecule has 0 saturated heterocycles. The Kier molecular flexibility index (Phi) is 6.33. The van der Waals surface area contributed by atoms with Gasteiger partial charge in [0.1, 0.15) is 12.0 Å². The average Bonchev–Trinajstić information content (AvgIpc) is 2.79. The molecule has 1 aliphatic rings. The number of nitrogens with zero attached hydrogens (tertiary/aromatic N) is 1. The number of anilines is 1. The third-order valence-corrected chi connectivity index (χ3v) is 6.50. The van der Waals surface area contributed by atoms with Gasteiger partial charge in [-0.15, -0.1) is 0 Å². The maximum absolute atomic E-state index is 13.2. The molecule has 3 aromatic rings. The van der Waals surface area contributed by atoms with Crippen molar-refractivity contribution in [2.75, 3.05) is 12.4 Å². The number of aliphatic hydroxyl groups excluding tert-OH is 1. The van der Waals surface area contributed by atoms with Crippen LogP contribution in [-0.4, -0.2) is 22.7 Å². The smallest absolute Gasteiger partial charge is 0.260 e. The molecule has 4 rings (SSSR count). The average molecular weight is 435 g/mol. The first kappa shape index (κ1) is 22.1. The van der Waals surface area contributed by atoms with Crippen LogP contribution < -0.4 is 15.6 Å². The Balaban J connectivity index is 1.65. The second kappa shape index (κ2) is 9.17. The number of amides is 1. The number of aryl methyl sites for hydroxylation is 2. The summed E-state index contributed by atoms with van der Waals surface area (Å²) in [5.74, 6) is 0.616. The van der Waals surface area contributed by atoms with Gasteiger partial charge in [0.25, 0.3) is 11.5 Å². The lowest BCUT2D eigenvalue weighted by Gasteiger charge is -2.28. The lowest BCUT2D eigenvalue weighted by atomic mass is 9.88. The highest BCUT2D eigenvalue weighted by atomic mass is 16.5. The van der Waals surface area contributed by atoms with Crippen molar-refractivity contribution >= 4 is 22.4 Å². The number of rotatable bonds is 5. The Labute approximate surface area is 187 Å². The molecule has 1 fully saturated rings. The summed E-state index contributed by atoms with van der Waals surface area (Å²) in [5, 5.41) is 14.9. The molecule has 1 unspecified atom stereocenters. The minimum Gasteiger partial charge on any atom is -0.496 e. The number of methoxy groups -OCH3 is 1. The summed E-state index contributed by atoms with van der Waals surface area (Å²) < 4.78 is 6.82. The van der Waals surface area contributed by atoms with E-state index in [2.05, 4.69) is 5.32 Å². The predicted molar refractivity (Wildman–Crippen MR) is 126 cm³/mol. The third-order valence-electron chi connectivity index (χ3n) is 6.50. The summed E-state index contributed by atoms with van der Waals surface area (Å²) in [4.78, 5) is 26.1. The van der Waals surface area contributed by atoms with Crippen molar-refractivity contribution in [3.05, 3.63) is 69.6 Å². The number of ether oxygens (including phenoxy) is 1. The number of carbonyl (C=O) groups is 1. The molecular formula is C26H30N2O4. The van der Waals surface area contributed by atoms with Gasteiger partial charge in [-0.2, -0.15) is 0 Å². The molecule has 32 heavy (non-hydrogen) atoms. The number of hydrogen-bond acceptors (Lipinski definition) is 4. The van der Waals surface area contributed by atoms with E-state index in [1.807, 2.05) is 13.8 Å². The summed E-state index contributed by atoms with van der Waals surface area (Å²) in [6.45, 7) is 3.81. The van der Waals surface area contributed by atoms with Crippen molar-refractivity contribution in [1.82, 2.24) is 4.57 Å². The van der Waals surface area contributed by atoms with Crippen molar-refractivity contribution < 1.29 is 14.6 Å². The Morgan fingerprint density at radius 2 is 1.78 bits per heavy atom. The van der Waals surface area contributed by atoms with Gasteiger partial charge in [0.15, 0.2) is 0 Å². The standard InChI is InChI=1S/C26H30N2O4/c1-16-14-19(15-17(2)23(16)32-3)24(29)27-22-11-7-10-21-20(22)12-13-28(26(21)31)25(30)18-8-5-4-6-9-18/h7,10-15,18,25,30H,4-6,8-9H2,1-3H3,(H,27,29). The number of pyridine rings is 1. The fourth-order valence-corrected chi connectivity index (χ4v) is 4.87.